The van der Waals surface area contributed by atoms with Crippen LogP contribution < -0.4 is 11.1 Å². The Kier molecular flexibility index (Phi) is 5.84. The van der Waals surface area contributed by atoms with Crippen LogP contribution in [0.4, 0.5) is 8.78 Å². The van der Waals surface area contributed by atoms with Crippen LogP contribution in [-0.2, 0) is 6.54 Å². The number of amides is 1. The van der Waals surface area contributed by atoms with Crippen LogP contribution in [0.2, 0.25) is 0 Å². The maximum absolute atomic E-state index is 12.0. The number of primary amides is 1. The Morgan fingerprint density at radius 3 is 2.00 bits per heavy atom. The second kappa shape index (κ2) is 8.06. The van der Waals surface area contributed by atoms with Gasteiger partial charge in [-0.15, -0.1) is 0 Å². The summed E-state index contributed by atoms with van der Waals surface area (Å²) in [4.78, 5) is 11.0. The number of halogens is 2. The van der Waals surface area contributed by atoms with Crippen LogP contribution >= 0.6 is 0 Å². The molecule has 0 spiro atoms. The van der Waals surface area contributed by atoms with E-state index in [1.165, 1.54) is 0 Å². The first kappa shape index (κ1) is 16.7. The second-order valence-corrected chi connectivity index (χ2v) is 4.91. The van der Waals surface area contributed by atoms with E-state index in [-0.39, 0.29) is 6.54 Å². The van der Waals surface area contributed by atoms with E-state index >= 15 is 0 Å². The van der Waals surface area contributed by atoms with Crippen LogP contribution in [0.25, 0.3) is 0 Å². The molecule has 1 amide bonds. The highest BCUT2D eigenvalue weighted by atomic mass is 19.3. The molecule has 2 aromatic carbocycles. The maximum Gasteiger partial charge on any atom is 0.250 e. The number of carbonyl (C=O) groups excluding carboxylic acids is 1. The van der Waals surface area contributed by atoms with E-state index < -0.39 is 12.3 Å². The minimum absolute atomic E-state index is 0.317. The molecule has 2 aromatic rings. The van der Waals surface area contributed by atoms with Gasteiger partial charge in [-0.2, -0.15) is 0 Å². The van der Waals surface area contributed by atoms with E-state index in [1.54, 1.807) is 24.3 Å². The quantitative estimate of drug-likeness (QED) is 0.833. The monoisotopic (exact) mass is 314 g/mol. The van der Waals surface area contributed by atoms with Crippen molar-refractivity contribution in [1.29, 1.82) is 0 Å². The van der Waals surface area contributed by atoms with E-state index in [0.717, 1.165) is 16.7 Å². The Hall–Kier alpha value is -2.71. The predicted octanol–water partition coefficient (Wildman–Crippen LogP) is 2.54. The summed E-state index contributed by atoms with van der Waals surface area (Å²) in [6.45, 7) is 0.0789. The van der Waals surface area contributed by atoms with Crippen LogP contribution in [0, 0.1) is 11.8 Å². The van der Waals surface area contributed by atoms with Crippen molar-refractivity contribution in [3.63, 3.8) is 0 Å². The lowest BCUT2D eigenvalue weighted by Gasteiger charge is -2.03. The van der Waals surface area contributed by atoms with Crippen LogP contribution in [0.1, 0.15) is 27.0 Å². The summed E-state index contributed by atoms with van der Waals surface area (Å²) in [7, 11) is 0. The maximum atomic E-state index is 12.0. The summed E-state index contributed by atoms with van der Waals surface area (Å²) in [5.41, 5.74) is 8.13. The molecule has 0 heterocycles. The van der Waals surface area contributed by atoms with Crippen molar-refractivity contribution in [2.24, 2.45) is 5.73 Å². The van der Waals surface area contributed by atoms with Gasteiger partial charge in [-0.25, -0.2) is 8.78 Å². The molecule has 23 heavy (non-hydrogen) atoms. The average Bonchev–Trinajstić information content (AvgIpc) is 2.54. The number of nitrogens with two attached hydrogens (primary N) is 1. The molecule has 118 valence electrons. The Bertz CT molecular complexity index is 713. The minimum Gasteiger partial charge on any atom is -0.366 e. The zero-order valence-corrected chi connectivity index (χ0v) is 12.4. The van der Waals surface area contributed by atoms with Crippen molar-refractivity contribution in [1.82, 2.24) is 5.32 Å². The Balaban J connectivity index is 1.97. The number of alkyl halides is 2. The molecule has 5 heteroatoms. The topological polar surface area (TPSA) is 55.1 Å². The fourth-order valence-corrected chi connectivity index (χ4v) is 1.89. The Morgan fingerprint density at radius 2 is 1.52 bits per heavy atom. The van der Waals surface area contributed by atoms with Gasteiger partial charge in [0.25, 0.3) is 6.43 Å². The average molecular weight is 314 g/mol. The van der Waals surface area contributed by atoms with Crippen LogP contribution in [0.5, 0.6) is 0 Å². The molecular formula is C18H16F2N2O. The van der Waals surface area contributed by atoms with Gasteiger partial charge in [-0.3, -0.25) is 4.79 Å². The van der Waals surface area contributed by atoms with Gasteiger partial charge in [-0.05, 0) is 42.0 Å². The van der Waals surface area contributed by atoms with Crippen LogP contribution in [0.15, 0.2) is 48.5 Å². The SMILES string of the molecule is NC(=O)c1ccc(C#Cc2ccc(CNCC(F)F)cc2)cc1. The smallest absolute Gasteiger partial charge is 0.250 e. The van der Waals surface area contributed by atoms with Crippen molar-refractivity contribution in [3.8, 4) is 11.8 Å². The molecule has 0 aromatic heterocycles. The predicted molar refractivity (Wildman–Crippen MR) is 85.1 cm³/mol. The lowest BCUT2D eigenvalue weighted by Crippen LogP contribution is -2.20. The highest BCUT2D eigenvalue weighted by Gasteiger charge is 2.01. The van der Waals surface area contributed by atoms with Crippen molar-refractivity contribution in [2.45, 2.75) is 13.0 Å². The molecule has 3 N–H and O–H groups in total. The molecule has 2 rings (SSSR count). The molecule has 0 saturated carbocycles. The third-order valence-electron chi connectivity index (χ3n) is 3.10. The zero-order valence-electron chi connectivity index (χ0n) is 12.4. The first-order valence-electron chi connectivity index (χ1n) is 7.04. The molecule has 0 fully saturated rings. The summed E-state index contributed by atoms with van der Waals surface area (Å²) in [5.74, 6) is 5.52. The Morgan fingerprint density at radius 1 is 1.00 bits per heavy atom. The lowest BCUT2D eigenvalue weighted by atomic mass is 10.1. The van der Waals surface area contributed by atoms with Gasteiger partial charge < -0.3 is 11.1 Å². The lowest BCUT2D eigenvalue weighted by molar-refractivity contribution is 0.1000. The van der Waals surface area contributed by atoms with Gasteiger partial charge in [-0.1, -0.05) is 24.0 Å². The molecule has 0 radical (unpaired) electrons. The summed E-state index contributed by atoms with van der Waals surface area (Å²) < 4.78 is 24.1. The standard InChI is InChI=1S/C18H16F2N2O/c19-17(20)12-22-11-15-5-3-13(4-6-15)1-2-14-7-9-16(10-8-14)18(21)23/h3-10,17,22H,11-12H2,(H2,21,23). The highest BCUT2D eigenvalue weighted by Crippen LogP contribution is 2.05. The summed E-state index contributed by atoms with van der Waals surface area (Å²) in [5, 5.41) is 2.67. The third-order valence-corrected chi connectivity index (χ3v) is 3.10. The van der Waals surface area contributed by atoms with Crippen molar-refractivity contribution >= 4 is 5.91 Å². The summed E-state index contributed by atoms with van der Waals surface area (Å²) in [6.07, 6.45) is -2.35. The minimum atomic E-state index is -2.35. The van der Waals surface area contributed by atoms with Gasteiger partial charge in [0.15, 0.2) is 0 Å². The fraction of sp³-hybridized carbons (Fsp3) is 0.167. The zero-order chi connectivity index (χ0) is 16.7. The van der Waals surface area contributed by atoms with Gasteiger partial charge in [0.2, 0.25) is 5.91 Å². The fourth-order valence-electron chi connectivity index (χ4n) is 1.89. The van der Waals surface area contributed by atoms with Crippen LogP contribution in [-0.4, -0.2) is 18.9 Å². The first-order chi connectivity index (χ1) is 11.0. The van der Waals surface area contributed by atoms with Crippen molar-refractivity contribution in [2.75, 3.05) is 6.54 Å². The van der Waals surface area contributed by atoms with E-state index in [4.69, 9.17) is 5.73 Å². The normalized spacial score (nSPS) is 10.2. The highest BCUT2D eigenvalue weighted by molar-refractivity contribution is 5.92. The second-order valence-electron chi connectivity index (χ2n) is 4.91. The number of hydrogen-bond donors (Lipinski definition) is 2. The van der Waals surface area contributed by atoms with Gasteiger partial charge in [0.1, 0.15) is 0 Å². The third kappa shape index (κ3) is 5.53. The summed E-state index contributed by atoms with van der Waals surface area (Å²) >= 11 is 0. The van der Waals surface area contributed by atoms with E-state index in [0.29, 0.717) is 12.1 Å². The molecule has 0 aliphatic heterocycles. The molecule has 0 saturated heterocycles. The molecule has 0 bridgehead atoms. The first-order valence-corrected chi connectivity index (χ1v) is 7.04. The van der Waals surface area contributed by atoms with Gasteiger partial charge >= 0.3 is 0 Å². The molecule has 3 nitrogen and oxygen atoms in total. The molecule has 0 atom stereocenters. The van der Waals surface area contributed by atoms with Crippen molar-refractivity contribution < 1.29 is 13.6 Å². The summed E-state index contributed by atoms with van der Waals surface area (Å²) in [6, 6.07) is 14.1. The number of benzene rings is 2. The van der Waals surface area contributed by atoms with E-state index in [1.807, 2.05) is 24.3 Å². The largest absolute Gasteiger partial charge is 0.366 e. The molecular weight excluding hydrogens is 298 g/mol. The van der Waals surface area contributed by atoms with Crippen LogP contribution in [0.3, 0.4) is 0 Å². The van der Waals surface area contributed by atoms with E-state index in [9.17, 15) is 13.6 Å². The van der Waals surface area contributed by atoms with E-state index in [2.05, 4.69) is 17.2 Å². The molecule has 0 aliphatic rings. The number of carbonyl (C=O) groups is 1. The number of rotatable bonds is 5. The molecule has 0 aliphatic carbocycles. The molecule has 0 unspecified atom stereocenters. The van der Waals surface area contributed by atoms with Crippen molar-refractivity contribution in [3.05, 3.63) is 70.8 Å². The number of nitrogens with one attached hydrogen (secondary N) is 1. The van der Waals surface area contributed by atoms with Gasteiger partial charge in [0, 0.05) is 23.2 Å². The van der Waals surface area contributed by atoms with Gasteiger partial charge in [0.05, 0.1) is 6.54 Å². The Labute approximate surface area is 133 Å². The number of hydrogen-bond acceptors (Lipinski definition) is 2.